The second-order valence-electron chi connectivity index (χ2n) is 7.41. The van der Waals surface area contributed by atoms with Crippen molar-refractivity contribution >= 4 is 11.8 Å². The van der Waals surface area contributed by atoms with E-state index in [2.05, 4.69) is 4.98 Å². The van der Waals surface area contributed by atoms with Crippen LogP contribution < -0.4 is 0 Å². The summed E-state index contributed by atoms with van der Waals surface area (Å²) in [5.74, 6) is -0.298. The minimum atomic E-state index is -1.64. The first kappa shape index (κ1) is 15.5. The molecule has 24 heavy (non-hydrogen) atoms. The molecule has 5 nitrogen and oxygen atoms in total. The molecule has 1 unspecified atom stereocenters. The van der Waals surface area contributed by atoms with E-state index < -0.39 is 17.0 Å². The molecule has 2 amide bonds. The van der Waals surface area contributed by atoms with E-state index in [9.17, 15) is 14.0 Å². The first-order valence-corrected chi connectivity index (χ1v) is 8.69. The lowest BCUT2D eigenvalue weighted by atomic mass is 9.78. The number of alkyl halides is 1. The zero-order valence-electron chi connectivity index (χ0n) is 13.7. The highest BCUT2D eigenvalue weighted by Crippen LogP contribution is 2.45. The van der Waals surface area contributed by atoms with Gasteiger partial charge in [0.2, 0.25) is 5.91 Å². The molecule has 1 atom stereocenters. The average Bonchev–Trinajstić information content (AvgIpc) is 3.30. The smallest absolute Gasteiger partial charge is 0.260 e. The number of amides is 2. The molecule has 3 fully saturated rings. The third-order valence-corrected chi connectivity index (χ3v) is 5.63. The monoisotopic (exact) mass is 331 g/mol. The standard InChI is InChI=1S/C18H22FN3O2/c19-18(5-6-18)16(24)22-9-2-4-17(13-22)7-10-21(15(17)23)12-14-3-1-8-20-11-14/h1,3,8,11H,2,4-7,9-10,12-13H2. The summed E-state index contributed by atoms with van der Waals surface area (Å²) in [6.07, 6.45) is 6.45. The Hall–Kier alpha value is -1.98. The minimum absolute atomic E-state index is 0.104. The van der Waals surface area contributed by atoms with Crippen LogP contribution in [0.15, 0.2) is 24.5 Å². The zero-order valence-corrected chi connectivity index (χ0v) is 13.7. The molecule has 0 N–H and O–H groups in total. The van der Waals surface area contributed by atoms with E-state index in [1.807, 2.05) is 17.0 Å². The Labute approximate surface area is 140 Å². The van der Waals surface area contributed by atoms with E-state index in [1.54, 1.807) is 17.3 Å². The van der Waals surface area contributed by atoms with Crippen LogP contribution in [0.25, 0.3) is 0 Å². The van der Waals surface area contributed by atoms with E-state index in [-0.39, 0.29) is 5.91 Å². The predicted octanol–water partition coefficient (Wildman–Crippen LogP) is 1.92. The van der Waals surface area contributed by atoms with E-state index in [4.69, 9.17) is 0 Å². The van der Waals surface area contributed by atoms with Crippen molar-refractivity contribution in [3.05, 3.63) is 30.1 Å². The van der Waals surface area contributed by atoms with Gasteiger partial charge in [-0.3, -0.25) is 14.6 Å². The van der Waals surface area contributed by atoms with E-state index in [0.717, 1.165) is 24.8 Å². The molecule has 2 saturated heterocycles. The number of pyridine rings is 1. The molecule has 0 bridgehead atoms. The van der Waals surface area contributed by atoms with Gasteiger partial charge in [-0.2, -0.15) is 0 Å². The minimum Gasteiger partial charge on any atom is -0.339 e. The summed E-state index contributed by atoms with van der Waals surface area (Å²) in [5.41, 5.74) is -1.15. The molecule has 128 valence electrons. The van der Waals surface area contributed by atoms with Crippen molar-refractivity contribution in [1.82, 2.24) is 14.8 Å². The summed E-state index contributed by atoms with van der Waals surface area (Å²) in [4.78, 5) is 32.9. The Kier molecular flexibility index (Phi) is 3.58. The van der Waals surface area contributed by atoms with Crippen LogP contribution in [0.4, 0.5) is 4.39 Å². The van der Waals surface area contributed by atoms with Crippen molar-refractivity contribution < 1.29 is 14.0 Å². The summed E-state index contributed by atoms with van der Waals surface area (Å²) in [5, 5.41) is 0. The number of likely N-dealkylation sites (tertiary alicyclic amines) is 2. The van der Waals surface area contributed by atoms with Crippen LogP contribution in [0.1, 0.15) is 37.7 Å². The number of hydrogen-bond donors (Lipinski definition) is 0. The molecule has 0 radical (unpaired) electrons. The van der Waals surface area contributed by atoms with Crippen molar-refractivity contribution in [2.45, 2.75) is 44.3 Å². The summed E-state index contributed by atoms with van der Waals surface area (Å²) < 4.78 is 14.1. The highest BCUT2D eigenvalue weighted by Gasteiger charge is 2.56. The number of nitrogens with zero attached hydrogens (tertiary/aromatic N) is 3. The van der Waals surface area contributed by atoms with E-state index >= 15 is 0 Å². The van der Waals surface area contributed by atoms with Gasteiger partial charge in [0.05, 0.1) is 5.41 Å². The van der Waals surface area contributed by atoms with Crippen LogP contribution in [0, 0.1) is 5.41 Å². The molecule has 4 rings (SSSR count). The Morgan fingerprint density at radius 2 is 2.08 bits per heavy atom. The Morgan fingerprint density at radius 3 is 2.79 bits per heavy atom. The molecule has 1 aromatic rings. The van der Waals surface area contributed by atoms with Crippen LogP contribution >= 0.6 is 0 Å². The first-order chi connectivity index (χ1) is 11.5. The molecule has 3 heterocycles. The van der Waals surface area contributed by atoms with Crippen molar-refractivity contribution in [3.8, 4) is 0 Å². The average molecular weight is 331 g/mol. The molecule has 1 aliphatic carbocycles. The molecule has 1 spiro atoms. The normalized spacial score (nSPS) is 28.5. The highest BCUT2D eigenvalue weighted by atomic mass is 19.1. The number of aromatic nitrogens is 1. The Balaban J connectivity index is 1.47. The van der Waals surface area contributed by atoms with Crippen LogP contribution in [-0.2, 0) is 16.1 Å². The Bertz CT molecular complexity index is 661. The number of rotatable bonds is 3. The van der Waals surface area contributed by atoms with Crippen molar-refractivity contribution in [2.75, 3.05) is 19.6 Å². The lowest BCUT2D eigenvalue weighted by Crippen LogP contribution is -2.52. The molecule has 0 aromatic carbocycles. The van der Waals surface area contributed by atoms with Crippen molar-refractivity contribution in [3.63, 3.8) is 0 Å². The van der Waals surface area contributed by atoms with Gasteiger partial charge in [0.15, 0.2) is 5.67 Å². The fourth-order valence-corrected chi connectivity index (χ4v) is 4.05. The zero-order chi connectivity index (χ0) is 16.8. The maximum atomic E-state index is 14.1. The lowest BCUT2D eigenvalue weighted by molar-refractivity contribution is -0.147. The Morgan fingerprint density at radius 1 is 1.25 bits per heavy atom. The highest BCUT2D eigenvalue weighted by molar-refractivity contribution is 5.90. The third kappa shape index (κ3) is 2.58. The fourth-order valence-electron chi connectivity index (χ4n) is 4.05. The second-order valence-corrected chi connectivity index (χ2v) is 7.41. The van der Waals surface area contributed by atoms with Crippen LogP contribution in [0.2, 0.25) is 0 Å². The maximum absolute atomic E-state index is 14.1. The van der Waals surface area contributed by atoms with Gasteiger partial charge in [0.1, 0.15) is 0 Å². The van der Waals surface area contributed by atoms with Crippen LogP contribution in [0.3, 0.4) is 0 Å². The van der Waals surface area contributed by atoms with Gasteiger partial charge < -0.3 is 9.80 Å². The van der Waals surface area contributed by atoms with Gasteiger partial charge in [0, 0.05) is 38.6 Å². The summed E-state index contributed by atoms with van der Waals surface area (Å²) in [7, 11) is 0. The van der Waals surface area contributed by atoms with Gasteiger partial charge in [0.25, 0.3) is 5.91 Å². The SMILES string of the molecule is O=C(N1CCCC2(CCN(Cc3cccnc3)C2=O)C1)C1(F)CC1. The number of piperidine rings is 1. The number of halogens is 1. The molecular formula is C18H22FN3O2. The summed E-state index contributed by atoms with van der Waals surface area (Å²) in [6, 6.07) is 3.82. The van der Waals surface area contributed by atoms with Gasteiger partial charge >= 0.3 is 0 Å². The molecule has 1 aromatic heterocycles. The first-order valence-electron chi connectivity index (χ1n) is 8.69. The molecule has 1 saturated carbocycles. The van der Waals surface area contributed by atoms with Gasteiger partial charge in [-0.15, -0.1) is 0 Å². The molecule has 2 aliphatic heterocycles. The van der Waals surface area contributed by atoms with Gasteiger partial charge in [-0.25, -0.2) is 4.39 Å². The fraction of sp³-hybridized carbons (Fsp3) is 0.611. The van der Waals surface area contributed by atoms with Crippen molar-refractivity contribution in [2.24, 2.45) is 5.41 Å². The lowest BCUT2D eigenvalue weighted by Gasteiger charge is -2.39. The topological polar surface area (TPSA) is 53.5 Å². The predicted molar refractivity (Wildman–Crippen MR) is 85.6 cm³/mol. The maximum Gasteiger partial charge on any atom is 0.260 e. The van der Waals surface area contributed by atoms with Gasteiger partial charge in [-0.05, 0) is 43.7 Å². The summed E-state index contributed by atoms with van der Waals surface area (Å²) >= 11 is 0. The van der Waals surface area contributed by atoms with Crippen molar-refractivity contribution in [1.29, 1.82) is 0 Å². The number of carbonyl (C=O) groups is 2. The molecular weight excluding hydrogens is 309 g/mol. The van der Waals surface area contributed by atoms with E-state index in [0.29, 0.717) is 39.0 Å². The van der Waals surface area contributed by atoms with Crippen LogP contribution in [0.5, 0.6) is 0 Å². The van der Waals surface area contributed by atoms with E-state index in [1.165, 1.54) is 0 Å². The summed E-state index contributed by atoms with van der Waals surface area (Å²) in [6.45, 7) is 2.19. The number of hydrogen-bond acceptors (Lipinski definition) is 3. The van der Waals surface area contributed by atoms with Crippen LogP contribution in [-0.4, -0.2) is 51.9 Å². The number of carbonyl (C=O) groups excluding carboxylic acids is 2. The largest absolute Gasteiger partial charge is 0.339 e. The second kappa shape index (κ2) is 5.53. The molecule has 6 heteroatoms. The molecule has 3 aliphatic rings. The van der Waals surface area contributed by atoms with Gasteiger partial charge in [-0.1, -0.05) is 6.07 Å². The third-order valence-electron chi connectivity index (χ3n) is 5.63. The quantitative estimate of drug-likeness (QED) is 0.850.